The smallest absolute Gasteiger partial charge is 0.119 e. The summed E-state index contributed by atoms with van der Waals surface area (Å²) in [5, 5.41) is 10.1. The third kappa shape index (κ3) is 2.74. The van der Waals surface area contributed by atoms with Crippen molar-refractivity contribution in [2.75, 3.05) is 13.7 Å². The van der Waals surface area contributed by atoms with Crippen molar-refractivity contribution in [3.05, 3.63) is 29.8 Å². The fourth-order valence-corrected chi connectivity index (χ4v) is 1.64. The van der Waals surface area contributed by atoms with Gasteiger partial charge in [0.25, 0.3) is 0 Å². The molecule has 0 saturated heterocycles. The molecular weight excluding hydrogens is 204 g/mol. The number of rotatable bonds is 5. The Hall–Kier alpha value is -1.06. The average Bonchev–Trinajstić information content (AvgIpc) is 3.02. The van der Waals surface area contributed by atoms with Crippen LogP contribution in [-0.4, -0.2) is 24.9 Å². The average molecular weight is 222 g/mol. The van der Waals surface area contributed by atoms with Crippen LogP contribution in [0.15, 0.2) is 24.3 Å². The van der Waals surface area contributed by atoms with Crippen LogP contribution < -0.4 is 4.74 Å². The van der Waals surface area contributed by atoms with Gasteiger partial charge in [0, 0.05) is 7.11 Å². The zero-order chi connectivity index (χ0) is 11.6. The largest absolute Gasteiger partial charge is 0.490 e. The molecule has 0 heterocycles. The van der Waals surface area contributed by atoms with E-state index in [4.69, 9.17) is 9.47 Å². The van der Waals surface area contributed by atoms with Crippen molar-refractivity contribution >= 4 is 0 Å². The van der Waals surface area contributed by atoms with Gasteiger partial charge in [-0.15, -0.1) is 0 Å². The molecule has 3 nitrogen and oxygen atoms in total. The summed E-state index contributed by atoms with van der Waals surface area (Å²) in [6.07, 6.45) is 2.72. The van der Waals surface area contributed by atoms with Crippen LogP contribution in [0.3, 0.4) is 0 Å². The predicted octanol–water partition coefficient (Wildman–Crippen LogP) is 2.08. The van der Waals surface area contributed by atoms with E-state index >= 15 is 0 Å². The van der Waals surface area contributed by atoms with Crippen molar-refractivity contribution in [3.63, 3.8) is 0 Å². The molecule has 1 atom stereocenters. The van der Waals surface area contributed by atoms with Crippen LogP contribution in [0, 0.1) is 0 Å². The number of ether oxygens (including phenoxy) is 2. The lowest BCUT2D eigenvalue weighted by molar-refractivity contribution is -0.0208. The van der Waals surface area contributed by atoms with Gasteiger partial charge in [0.1, 0.15) is 11.4 Å². The van der Waals surface area contributed by atoms with Gasteiger partial charge in [0.2, 0.25) is 0 Å². The summed E-state index contributed by atoms with van der Waals surface area (Å²) in [4.78, 5) is 0. The van der Waals surface area contributed by atoms with Crippen LogP contribution in [0.2, 0.25) is 0 Å². The second-order valence-corrected chi connectivity index (χ2v) is 4.55. The van der Waals surface area contributed by atoms with Crippen molar-refractivity contribution in [1.82, 2.24) is 0 Å². The van der Waals surface area contributed by atoms with Crippen LogP contribution in [0.5, 0.6) is 5.75 Å². The molecule has 0 aliphatic heterocycles. The highest BCUT2D eigenvalue weighted by atomic mass is 16.5. The Labute approximate surface area is 96.0 Å². The highest BCUT2D eigenvalue weighted by Gasteiger charge is 2.25. The molecule has 1 fully saturated rings. The van der Waals surface area contributed by atoms with Crippen molar-refractivity contribution in [2.24, 2.45) is 0 Å². The minimum absolute atomic E-state index is 0.288. The summed E-state index contributed by atoms with van der Waals surface area (Å²) < 4.78 is 10.6. The first kappa shape index (κ1) is 11.4. The Morgan fingerprint density at radius 3 is 2.44 bits per heavy atom. The maximum absolute atomic E-state index is 10.1. The summed E-state index contributed by atoms with van der Waals surface area (Å²) in [5.41, 5.74) is -0.0927. The third-order valence-electron chi connectivity index (χ3n) is 2.73. The Kier molecular flexibility index (Phi) is 3.17. The summed E-state index contributed by atoms with van der Waals surface area (Å²) in [6, 6.07) is 7.57. The number of aliphatic hydroxyl groups is 1. The molecule has 1 aliphatic rings. The van der Waals surface area contributed by atoms with Gasteiger partial charge in [0.05, 0.1) is 12.7 Å². The first-order chi connectivity index (χ1) is 7.62. The van der Waals surface area contributed by atoms with Crippen LogP contribution in [0.4, 0.5) is 0 Å². The third-order valence-corrected chi connectivity index (χ3v) is 2.73. The molecule has 0 radical (unpaired) electrons. The zero-order valence-corrected chi connectivity index (χ0v) is 9.77. The van der Waals surface area contributed by atoms with Crippen LogP contribution >= 0.6 is 0 Å². The molecule has 0 bridgehead atoms. The van der Waals surface area contributed by atoms with E-state index < -0.39 is 5.60 Å². The standard InChI is InChI=1S/C13H18O3/c1-13(14,9-15-2)10-3-5-11(6-4-10)16-12-7-8-12/h3-6,12,14H,7-9H2,1-2H3. The van der Waals surface area contributed by atoms with E-state index in [9.17, 15) is 5.11 Å². The molecule has 0 amide bonds. The topological polar surface area (TPSA) is 38.7 Å². The van der Waals surface area contributed by atoms with Gasteiger partial charge in [-0.25, -0.2) is 0 Å². The Morgan fingerprint density at radius 1 is 1.31 bits per heavy atom. The highest BCUT2D eigenvalue weighted by molar-refractivity contribution is 5.31. The Morgan fingerprint density at radius 2 is 1.94 bits per heavy atom. The summed E-state index contributed by atoms with van der Waals surface area (Å²) in [7, 11) is 1.58. The maximum atomic E-state index is 10.1. The monoisotopic (exact) mass is 222 g/mol. The molecule has 1 saturated carbocycles. The Balaban J connectivity index is 2.05. The van der Waals surface area contributed by atoms with E-state index in [1.54, 1.807) is 14.0 Å². The molecule has 1 unspecified atom stereocenters. The fourth-order valence-electron chi connectivity index (χ4n) is 1.64. The summed E-state index contributed by atoms with van der Waals surface area (Å²) >= 11 is 0. The van der Waals surface area contributed by atoms with Gasteiger partial charge in [-0.05, 0) is 37.5 Å². The molecule has 1 aromatic rings. The fraction of sp³-hybridized carbons (Fsp3) is 0.538. The first-order valence-electron chi connectivity index (χ1n) is 5.60. The Bertz CT molecular complexity index is 339. The van der Waals surface area contributed by atoms with Crippen molar-refractivity contribution < 1.29 is 14.6 Å². The van der Waals surface area contributed by atoms with Gasteiger partial charge >= 0.3 is 0 Å². The lowest BCUT2D eigenvalue weighted by Crippen LogP contribution is -2.26. The zero-order valence-electron chi connectivity index (χ0n) is 9.77. The maximum Gasteiger partial charge on any atom is 0.119 e. The van der Waals surface area contributed by atoms with E-state index in [0.29, 0.717) is 6.10 Å². The van der Waals surface area contributed by atoms with Crippen molar-refractivity contribution in [1.29, 1.82) is 0 Å². The summed E-state index contributed by atoms with van der Waals surface area (Å²) in [6.45, 7) is 2.03. The molecule has 16 heavy (non-hydrogen) atoms. The quantitative estimate of drug-likeness (QED) is 0.829. The molecular formula is C13H18O3. The van der Waals surface area contributed by atoms with Crippen LogP contribution in [0.25, 0.3) is 0 Å². The van der Waals surface area contributed by atoms with Gasteiger partial charge in [0.15, 0.2) is 0 Å². The first-order valence-corrected chi connectivity index (χ1v) is 5.60. The van der Waals surface area contributed by atoms with E-state index in [0.717, 1.165) is 24.2 Å². The summed E-state index contributed by atoms with van der Waals surface area (Å²) in [5.74, 6) is 0.875. The number of methoxy groups -OCH3 is 1. The highest BCUT2D eigenvalue weighted by Crippen LogP contribution is 2.28. The minimum Gasteiger partial charge on any atom is -0.490 e. The lowest BCUT2D eigenvalue weighted by Gasteiger charge is -2.22. The second-order valence-electron chi connectivity index (χ2n) is 4.55. The molecule has 1 aromatic carbocycles. The van der Waals surface area contributed by atoms with E-state index in [1.807, 2.05) is 24.3 Å². The lowest BCUT2D eigenvalue weighted by atomic mass is 9.97. The molecule has 2 rings (SSSR count). The SMILES string of the molecule is COCC(C)(O)c1ccc(OC2CC2)cc1. The number of hydrogen-bond donors (Lipinski definition) is 1. The van der Waals surface area contributed by atoms with E-state index in [2.05, 4.69) is 0 Å². The number of benzene rings is 1. The van der Waals surface area contributed by atoms with Gasteiger partial charge in [-0.1, -0.05) is 12.1 Å². The van der Waals surface area contributed by atoms with E-state index in [1.165, 1.54) is 0 Å². The normalized spacial score (nSPS) is 19.2. The van der Waals surface area contributed by atoms with Gasteiger partial charge < -0.3 is 14.6 Å². The van der Waals surface area contributed by atoms with Crippen LogP contribution in [0.1, 0.15) is 25.3 Å². The van der Waals surface area contributed by atoms with Gasteiger partial charge in [-0.2, -0.15) is 0 Å². The molecule has 0 spiro atoms. The van der Waals surface area contributed by atoms with Crippen molar-refractivity contribution in [2.45, 2.75) is 31.5 Å². The predicted molar refractivity (Wildman–Crippen MR) is 61.5 cm³/mol. The molecule has 0 aromatic heterocycles. The van der Waals surface area contributed by atoms with Crippen molar-refractivity contribution in [3.8, 4) is 5.75 Å². The second kappa shape index (κ2) is 4.44. The van der Waals surface area contributed by atoms with Gasteiger partial charge in [-0.3, -0.25) is 0 Å². The van der Waals surface area contributed by atoms with E-state index in [-0.39, 0.29) is 6.61 Å². The molecule has 1 aliphatic carbocycles. The molecule has 1 N–H and O–H groups in total. The van der Waals surface area contributed by atoms with Crippen LogP contribution in [-0.2, 0) is 10.3 Å². The molecule has 3 heteroatoms. The minimum atomic E-state index is -0.938. The molecule has 88 valence electrons. The number of hydrogen-bond acceptors (Lipinski definition) is 3.